The maximum atomic E-state index is 11.0. The molecule has 0 unspecified atom stereocenters. The van der Waals surface area contributed by atoms with E-state index in [0.29, 0.717) is 11.4 Å². The van der Waals surface area contributed by atoms with Gasteiger partial charge in [-0.15, -0.1) is 10.2 Å². The standard InChI is InChI=1S/C24H16N4O/c29-23-22(17-9-2-1-3-10-17)18-11-5-7-13-20(18)26-24(23)28-27-21-15-14-16-8-4-6-12-19(16)25-21/h1-15,29H. The minimum absolute atomic E-state index is 0.000519. The van der Waals surface area contributed by atoms with Gasteiger partial charge in [0.15, 0.2) is 11.6 Å². The van der Waals surface area contributed by atoms with Crippen molar-refractivity contribution in [1.29, 1.82) is 0 Å². The Labute approximate surface area is 167 Å². The quantitative estimate of drug-likeness (QED) is 0.362. The number of fused-ring (bicyclic) bond motifs is 2. The van der Waals surface area contributed by atoms with Crippen molar-refractivity contribution in [3.05, 3.63) is 91.0 Å². The van der Waals surface area contributed by atoms with Crippen LogP contribution in [0.1, 0.15) is 0 Å². The van der Waals surface area contributed by atoms with Crippen LogP contribution in [-0.4, -0.2) is 15.1 Å². The van der Waals surface area contributed by atoms with E-state index in [0.717, 1.165) is 27.4 Å². The first kappa shape index (κ1) is 17.0. The van der Waals surface area contributed by atoms with Gasteiger partial charge in [0.25, 0.3) is 0 Å². The van der Waals surface area contributed by atoms with Crippen LogP contribution >= 0.6 is 0 Å². The highest BCUT2D eigenvalue weighted by Gasteiger charge is 2.15. The van der Waals surface area contributed by atoms with E-state index in [1.165, 1.54) is 0 Å². The second-order valence-electron chi connectivity index (χ2n) is 6.60. The summed E-state index contributed by atoms with van der Waals surface area (Å²) in [6.07, 6.45) is 0. The molecule has 1 N–H and O–H groups in total. The Hall–Kier alpha value is -4.12. The van der Waals surface area contributed by atoms with Crippen LogP contribution in [0.4, 0.5) is 11.6 Å². The van der Waals surface area contributed by atoms with Crippen LogP contribution < -0.4 is 0 Å². The number of benzene rings is 3. The van der Waals surface area contributed by atoms with E-state index in [2.05, 4.69) is 20.2 Å². The van der Waals surface area contributed by atoms with Gasteiger partial charge in [-0.2, -0.15) is 0 Å². The molecular weight excluding hydrogens is 360 g/mol. The lowest BCUT2D eigenvalue weighted by molar-refractivity contribution is 0.477. The molecule has 0 bridgehead atoms. The Morgan fingerprint density at radius 3 is 2.21 bits per heavy atom. The smallest absolute Gasteiger partial charge is 0.217 e. The third kappa shape index (κ3) is 3.19. The molecule has 5 rings (SSSR count). The summed E-state index contributed by atoms with van der Waals surface area (Å²) in [6.45, 7) is 0. The molecule has 0 atom stereocenters. The van der Waals surface area contributed by atoms with Gasteiger partial charge >= 0.3 is 0 Å². The van der Waals surface area contributed by atoms with Gasteiger partial charge in [-0.05, 0) is 29.8 Å². The summed E-state index contributed by atoms with van der Waals surface area (Å²) < 4.78 is 0. The van der Waals surface area contributed by atoms with Crippen molar-refractivity contribution in [2.45, 2.75) is 0 Å². The molecule has 0 aliphatic heterocycles. The predicted octanol–water partition coefficient (Wildman–Crippen LogP) is 6.57. The van der Waals surface area contributed by atoms with Gasteiger partial charge < -0.3 is 5.11 Å². The van der Waals surface area contributed by atoms with Gasteiger partial charge in [-0.25, -0.2) is 9.97 Å². The van der Waals surface area contributed by atoms with Crippen molar-refractivity contribution in [3.63, 3.8) is 0 Å². The van der Waals surface area contributed by atoms with Gasteiger partial charge in [0.2, 0.25) is 5.82 Å². The summed E-state index contributed by atoms with van der Waals surface area (Å²) in [5.74, 6) is 0.622. The molecule has 0 saturated carbocycles. The predicted molar refractivity (Wildman–Crippen MR) is 115 cm³/mol. The topological polar surface area (TPSA) is 70.7 Å². The van der Waals surface area contributed by atoms with Crippen molar-refractivity contribution in [2.24, 2.45) is 10.2 Å². The average Bonchev–Trinajstić information content (AvgIpc) is 2.78. The Kier molecular flexibility index (Phi) is 4.18. The number of aromatic hydroxyl groups is 1. The first-order valence-electron chi connectivity index (χ1n) is 9.24. The molecule has 0 saturated heterocycles. The molecule has 29 heavy (non-hydrogen) atoms. The summed E-state index contributed by atoms with van der Waals surface area (Å²) in [6, 6.07) is 28.9. The molecule has 3 aromatic carbocycles. The SMILES string of the molecule is Oc1c(N=Nc2ccc3ccccc3n2)nc2ccccc2c1-c1ccccc1. The summed E-state index contributed by atoms with van der Waals surface area (Å²) in [5.41, 5.74) is 3.16. The molecule has 0 spiro atoms. The Morgan fingerprint density at radius 1 is 0.621 bits per heavy atom. The molecule has 2 aromatic heterocycles. The number of azo groups is 1. The number of para-hydroxylation sites is 2. The zero-order valence-corrected chi connectivity index (χ0v) is 15.4. The molecule has 5 heteroatoms. The van der Waals surface area contributed by atoms with Gasteiger partial charge in [0.05, 0.1) is 11.0 Å². The molecule has 2 heterocycles. The number of nitrogens with zero attached hydrogens (tertiary/aromatic N) is 4. The summed E-state index contributed by atoms with van der Waals surface area (Å²) in [4.78, 5) is 8.99. The molecule has 0 amide bonds. The van der Waals surface area contributed by atoms with Crippen LogP contribution in [0.25, 0.3) is 32.9 Å². The zero-order valence-electron chi connectivity index (χ0n) is 15.4. The third-order valence-electron chi connectivity index (χ3n) is 4.74. The maximum Gasteiger partial charge on any atom is 0.217 e. The van der Waals surface area contributed by atoms with E-state index in [9.17, 15) is 5.11 Å². The Bertz CT molecular complexity index is 1360. The molecule has 138 valence electrons. The second kappa shape index (κ2) is 7.13. The number of aromatic nitrogens is 2. The Balaban J connectivity index is 1.64. The fraction of sp³-hybridized carbons (Fsp3) is 0. The fourth-order valence-electron chi connectivity index (χ4n) is 3.37. The van der Waals surface area contributed by atoms with Gasteiger partial charge in [0, 0.05) is 16.3 Å². The molecule has 0 radical (unpaired) electrons. The highest BCUT2D eigenvalue weighted by molar-refractivity contribution is 5.99. The van der Waals surface area contributed by atoms with Crippen LogP contribution in [0, 0.1) is 0 Å². The van der Waals surface area contributed by atoms with Crippen LogP contribution in [0.5, 0.6) is 5.75 Å². The molecule has 0 fully saturated rings. The van der Waals surface area contributed by atoms with Crippen molar-refractivity contribution in [2.75, 3.05) is 0 Å². The highest BCUT2D eigenvalue weighted by Crippen LogP contribution is 2.41. The first-order chi connectivity index (χ1) is 14.3. The normalized spacial score (nSPS) is 11.4. The molecular formula is C24H16N4O. The minimum atomic E-state index is -0.000519. The van der Waals surface area contributed by atoms with Crippen molar-refractivity contribution in [3.8, 4) is 16.9 Å². The number of rotatable bonds is 3. The molecule has 5 nitrogen and oxygen atoms in total. The summed E-state index contributed by atoms with van der Waals surface area (Å²) in [7, 11) is 0. The van der Waals surface area contributed by atoms with Gasteiger partial charge in [-0.3, -0.25) is 0 Å². The molecule has 5 aromatic rings. The second-order valence-corrected chi connectivity index (χ2v) is 6.60. The summed E-state index contributed by atoms with van der Waals surface area (Å²) in [5, 5.41) is 21.3. The maximum absolute atomic E-state index is 11.0. The minimum Gasteiger partial charge on any atom is -0.504 e. The third-order valence-corrected chi connectivity index (χ3v) is 4.74. The van der Waals surface area contributed by atoms with E-state index < -0.39 is 0 Å². The number of hydrogen-bond donors (Lipinski definition) is 1. The Morgan fingerprint density at radius 2 is 1.34 bits per heavy atom. The lowest BCUT2D eigenvalue weighted by Crippen LogP contribution is -1.87. The van der Waals surface area contributed by atoms with E-state index in [4.69, 9.17) is 0 Å². The van der Waals surface area contributed by atoms with Crippen LogP contribution in [0.3, 0.4) is 0 Å². The van der Waals surface area contributed by atoms with Crippen molar-refractivity contribution < 1.29 is 5.11 Å². The largest absolute Gasteiger partial charge is 0.504 e. The fourth-order valence-corrected chi connectivity index (χ4v) is 3.37. The van der Waals surface area contributed by atoms with Crippen LogP contribution in [-0.2, 0) is 0 Å². The molecule has 0 aliphatic rings. The van der Waals surface area contributed by atoms with E-state index >= 15 is 0 Å². The zero-order chi connectivity index (χ0) is 19.6. The lowest BCUT2D eigenvalue weighted by atomic mass is 10.00. The monoisotopic (exact) mass is 376 g/mol. The van der Waals surface area contributed by atoms with Crippen LogP contribution in [0.15, 0.2) is 101 Å². The van der Waals surface area contributed by atoms with Crippen molar-refractivity contribution in [1.82, 2.24) is 9.97 Å². The summed E-state index contributed by atoms with van der Waals surface area (Å²) >= 11 is 0. The van der Waals surface area contributed by atoms with Gasteiger partial charge in [-0.1, -0.05) is 66.7 Å². The van der Waals surface area contributed by atoms with E-state index in [1.54, 1.807) is 6.07 Å². The van der Waals surface area contributed by atoms with E-state index in [-0.39, 0.29) is 11.6 Å². The average molecular weight is 376 g/mol. The number of hydrogen-bond acceptors (Lipinski definition) is 5. The number of pyridine rings is 2. The van der Waals surface area contributed by atoms with E-state index in [1.807, 2.05) is 84.9 Å². The highest BCUT2D eigenvalue weighted by atomic mass is 16.3. The van der Waals surface area contributed by atoms with Crippen LogP contribution in [0.2, 0.25) is 0 Å². The lowest BCUT2D eigenvalue weighted by Gasteiger charge is -2.10. The molecule has 0 aliphatic carbocycles. The van der Waals surface area contributed by atoms with Gasteiger partial charge in [0.1, 0.15) is 0 Å². The first-order valence-corrected chi connectivity index (χ1v) is 9.24. The van der Waals surface area contributed by atoms with Crippen molar-refractivity contribution >= 4 is 33.4 Å².